The van der Waals surface area contributed by atoms with Gasteiger partial charge in [0.05, 0.1) is 18.4 Å². The fourth-order valence-corrected chi connectivity index (χ4v) is 4.90. The van der Waals surface area contributed by atoms with Gasteiger partial charge in [0.1, 0.15) is 0 Å². The Bertz CT molecular complexity index is 1340. The number of ether oxygens (including phenoxy) is 3. The van der Waals surface area contributed by atoms with Crippen LogP contribution in [0.4, 0.5) is 5.69 Å². The number of hydrogen-bond donors (Lipinski definition) is 0. The minimum Gasteiger partial charge on any atom is -0.493 e. The Morgan fingerprint density at radius 3 is 2.58 bits per heavy atom. The van der Waals surface area contributed by atoms with Crippen molar-refractivity contribution < 1.29 is 23.8 Å². The minimum absolute atomic E-state index is 0.131. The summed E-state index contributed by atoms with van der Waals surface area (Å²) in [7, 11) is 1.47. The number of thioether (sulfide) groups is 1. The van der Waals surface area contributed by atoms with Gasteiger partial charge in [-0.2, -0.15) is 4.98 Å². The standard InChI is InChI=1S/C24H22Br2N4O5S/c1-5-16(31)30-14-10-8-7-9-12(14)20-22(27-24(36-4)29-28-20)35-23(30)18-19(26)13(25)11-15(33-3)21(18)34-17(32)6-2/h7-11,23H,5-6H2,1-4H3/t23-/m1/s1. The third-order valence-corrected chi connectivity index (χ3v) is 7.96. The maximum atomic E-state index is 13.5. The molecule has 1 aliphatic rings. The number of para-hydroxylation sites is 1. The Morgan fingerprint density at radius 2 is 1.92 bits per heavy atom. The predicted molar refractivity (Wildman–Crippen MR) is 143 cm³/mol. The summed E-state index contributed by atoms with van der Waals surface area (Å²) in [5, 5.41) is 8.95. The van der Waals surface area contributed by atoms with Crippen LogP contribution < -0.4 is 19.1 Å². The average Bonchev–Trinajstić information content (AvgIpc) is 3.04. The van der Waals surface area contributed by atoms with Gasteiger partial charge in [0, 0.05) is 27.4 Å². The van der Waals surface area contributed by atoms with Crippen molar-refractivity contribution in [3.05, 3.63) is 44.8 Å². The lowest BCUT2D eigenvalue weighted by atomic mass is 10.1. The monoisotopic (exact) mass is 636 g/mol. The van der Waals surface area contributed by atoms with E-state index in [1.54, 1.807) is 26.0 Å². The van der Waals surface area contributed by atoms with Crippen molar-refractivity contribution >= 4 is 61.2 Å². The van der Waals surface area contributed by atoms with E-state index in [9.17, 15) is 9.59 Å². The van der Waals surface area contributed by atoms with Gasteiger partial charge < -0.3 is 14.2 Å². The molecule has 188 valence electrons. The molecule has 0 N–H and O–H groups in total. The number of rotatable bonds is 6. The molecule has 1 aromatic heterocycles. The Morgan fingerprint density at radius 1 is 1.17 bits per heavy atom. The van der Waals surface area contributed by atoms with Gasteiger partial charge >= 0.3 is 5.97 Å². The smallest absolute Gasteiger partial charge is 0.311 e. The molecule has 0 spiro atoms. The SMILES string of the molecule is CCC(=O)Oc1c(OC)cc(Br)c(Br)c1[C@H]1Oc2nc(SC)nnc2-c2ccccc2N1C(=O)CC. The van der Waals surface area contributed by atoms with Crippen LogP contribution in [0.3, 0.4) is 0 Å². The van der Waals surface area contributed by atoms with E-state index >= 15 is 0 Å². The normalized spacial score (nSPS) is 14.3. The van der Waals surface area contributed by atoms with Crippen LogP contribution in [0.5, 0.6) is 17.4 Å². The first kappa shape index (κ1) is 26.4. The second-order valence-electron chi connectivity index (χ2n) is 7.50. The Labute approximate surface area is 229 Å². The van der Waals surface area contributed by atoms with E-state index in [0.29, 0.717) is 36.6 Å². The molecule has 12 heteroatoms. The number of fused-ring (bicyclic) bond motifs is 3. The highest BCUT2D eigenvalue weighted by atomic mass is 79.9. The first-order valence-electron chi connectivity index (χ1n) is 11.0. The fourth-order valence-electron chi connectivity index (χ4n) is 3.70. The van der Waals surface area contributed by atoms with Crippen molar-refractivity contribution in [3.8, 4) is 28.6 Å². The summed E-state index contributed by atoms with van der Waals surface area (Å²) in [5.41, 5.74) is 1.95. The van der Waals surface area contributed by atoms with E-state index in [1.807, 2.05) is 24.5 Å². The molecule has 0 aliphatic carbocycles. The van der Waals surface area contributed by atoms with E-state index < -0.39 is 12.2 Å². The number of aromatic nitrogens is 3. The van der Waals surface area contributed by atoms with E-state index in [4.69, 9.17) is 14.2 Å². The van der Waals surface area contributed by atoms with Crippen LogP contribution in [0.15, 0.2) is 44.4 Å². The van der Waals surface area contributed by atoms with Crippen LogP contribution in [0, 0.1) is 0 Å². The molecule has 1 amide bonds. The van der Waals surface area contributed by atoms with Gasteiger partial charge in [-0.1, -0.05) is 43.8 Å². The maximum absolute atomic E-state index is 13.5. The molecular weight excluding hydrogens is 616 g/mol. The summed E-state index contributed by atoms with van der Waals surface area (Å²) in [6.07, 6.45) is 1.06. The van der Waals surface area contributed by atoms with Gasteiger partial charge in [-0.05, 0) is 50.2 Å². The van der Waals surface area contributed by atoms with Crippen LogP contribution in [-0.2, 0) is 9.59 Å². The third-order valence-electron chi connectivity index (χ3n) is 5.41. The lowest BCUT2D eigenvalue weighted by molar-refractivity contribution is -0.134. The molecule has 0 bridgehead atoms. The number of carbonyl (C=O) groups excluding carboxylic acids is 2. The van der Waals surface area contributed by atoms with Crippen molar-refractivity contribution in [2.75, 3.05) is 18.3 Å². The molecule has 2 aromatic carbocycles. The van der Waals surface area contributed by atoms with Crippen molar-refractivity contribution in [2.24, 2.45) is 0 Å². The number of benzene rings is 2. The lowest BCUT2D eigenvalue weighted by Crippen LogP contribution is -2.38. The van der Waals surface area contributed by atoms with Crippen LogP contribution in [0.25, 0.3) is 11.3 Å². The molecule has 36 heavy (non-hydrogen) atoms. The maximum Gasteiger partial charge on any atom is 0.311 e. The molecule has 0 saturated heterocycles. The van der Waals surface area contributed by atoms with E-state index in [2.05, 4.69) is 47.0 Å². The lowest BCUT2D eigenvalue weighted by Gasteiger charge is -2.32. The number of hydrogen-bond acceptors (Lipinski definition) is 9. The van der Waals surface area contributed by atoms with Gasteiger partial charge in [-0.15, -0.1) is 10.2 Å². The number of anilines is 1. The second kappa shape index (κ2) is 11.1. The zero-order chi connectivity index (χ0) is 26.0. The molecule has 0 radical (unpaired) electrons. The van der Waals surface area contributed by atoms with Crippen molar-refractivity contribution in [2.45, 2.75) is 38.1 Å². The van der Waals surface area contributed by atoms with Gasteiger partial charge in [0.15, 0.2) is 17.2 Å². The zero-order valence-electron chi connectivity index (χ0n) is 19.9. The number of amides is 1. The fraction of sp³-hybridized carbons (Fsp3) is 0.292. The average molecular weight is 638 g/mol. The third kappa shape index (κ3) is 4.81. The number of esters is 1. The Balaban J connectivity index is 2.08. The second-order valence-corrected chi connectivity index (χ2v) is 9.92. The molecule has 0 unspecified atom stereocenters. The van der Waals surface area contributed by atoms with Crippen molar-refractivity contribution in [1.29, 1.82) is 0 Å². The Kier molecular flexibility index (Phi) is 8.16. The molecule has 4 rings (SSSR count). The number of carbonyl (C=O) groups is 2. The van der Waals surface area contributed by atoms with E-state index in [-0.39, 0.29) is 36.1 Å². The number of methoxy groups -OCH3 is 1. The molecule has 3 aromatic rings. The first-order chi connectivity index (χ1) is 17.3. The highest BCUT2D eigenvalue weighted by Gasteiger charge is 2.39. The summed E-state index contributed by atoms with van der Waals surface area (Å²) in [6, 6.07) is 8.97. The first-order valence-corrected chi connectivity index (χ1v) is 13.8. The highest BCUT2D eigenvalue weighted by molar-refractivity contribution is 9.13. The molecule has 9 nitrogen and oxygen atoms in total. The summed E-state index contributed by atoms with van der Waals surface area (Å²) in [5.74, 6) is -0.0851. The number of halogens is 2. The quantitative estimate of drug-likeness (QED) is 0.184. The molecule has 1 atom stereocenters. The molecule has 1 aliphatic heterocycles. The molecule has 0 fully saturated rings. The summed E-state index contributed by atoms with van der Waals surface area (Å²) in [4.78, 5) is 32.0. The minimum atomic E-state index is -1.09. The van der Waals surface area contributed by atoms with E-state index in [1.165, 1.54) is 23.8 Å². The molecule has 0 saturated carbocycles. The highest BCUT2D eigenvalue weighted by Crippen LogP contribution is 2.50. The summed E-state index contributed by atoms with van der Waals surface area (Å²) in [6.45, 7) is 3.45. The van der Waals surface area contributed by atoms with Gasteiger partial charge in [0.25, 0.3) is 0 Å². The van der Waals surface area contributed by atoms with Gasteiger partial charge in [-0.25, -0.2) is 0 Å². The summed E-state index contributed by atoms with van der Waals surface area (Å²) >= 11 is 8.46. The summed E-state index contributed by atoms with van der Waals surface area (Å²) < 4.78 is 18.9. The topological polar surface area (TPSA) is 104 Å². The van der Waals surface area contributed by atoms with Crippen LogP contribution in [-0.4, -0.2) is 40.4 Å². The van der Waals surface area contributed by atoms with E-state index in [0.717, 1.165) is 0 Å². The molecular formula is C24H22Br2N4O5S. The van der Waals surface area contributed by atoms with Crippen molar-refractivity contribution in [1.82, 2.24) is 15.2 Å². The zero-order valence-corrected chi connectivity index (χ0v) is 23.9. The van der Waals surface area contributed by atoms with Crippen LogP contribution in [0.2, 0.25) is 0 Å². The predicted octanol–water partition coefficient (Wildman–Crippen LogP) is 5.94. The van der Waals surface area contributed by atoms with Crippen LogP contribution in [0.1, 0.15) is 38.5 Å². The van der Waals surface area contributed by atoms with Crippen molar-refractivity contribution in [3.63, 3.8) is 0 Å². The Hall–Kier alpha value is -2.70. The molecule has 2 heterocycles. The van der Waals surface area contributed by atoms with Gasteiger partial charge in [-0.3, -0.25) is 14.5 Å². The van der Waals surface area contributed by atoms with Crippen LogP contribution >= 0.6 is 43.6 Å². The number of nitrogens with zero attached hydrogens (tertiary/aromatic N) is 4. The largest absolute Gasteiger partial charge is 0.493 e. The van der Waals surface area contributed by atoms with Gasteiger partial charge in [0.2, 0.25) is 23.2 Å².